The summed E-state index contributed by atoms with van der Waals surface area (Å²) in [6, 6.07) is 1.78. The van der Waals surface area contributed by atoms with Crippen molar-refractivity contribution in [1.82, 2.24) is 9.97 Å². The van der Waals surface area contributed by atoms with E-state index in [9.17, 15) is 9.59 Å². The molecule has 1 N–H and O–H groups in total. The molecule has 0 aliphatic heterocycles. The number of hydrogen-bond donors (Lipinski definition) is 1. The Morgan fingerprint density at radius 1 is 1.67 bits per heavy atom. The van der Waals surface area contributed by atoms with Gasteiger partial charge in [0, 0.05) is 0 Å². The first-order chi connectivity index (χ1) is 8.65. The van der Waals surface area contributed by atoms with Crippen molar-refractivity contribution in [2.45, 2.75) is 20.0 Å². The van der Waals surface area contributed by atoms with Crippen molar-refractivity contribution in [3.8, 4) is 0 Å². The van der Waals surface area contributed by atoms with E-state index in [0.29, 0.717) is 22.0 Å². The van der Waals surface area contributed by atoms with Crippen molar-refractivity contribution in [1.29, 1.82) is 0 Å². The van der Waals surface area contributed by atoms with Gasteiger partial charge in [0.15, 0.2) is 0 Å². The van der Waals surface area contributed by atoms with Gasteiger partial charge in [-0.15, -0.1) is 11.3 Å². The van der Waals surface area contributed by atoms with E-state index in [1.165, 1.54) is 11.3 Å². The number of nitrogens with one attached hydrogen (secondary N) is 1. The number of aromatic amines is 1. The number of fused-ring (bicyclic) bond motifs is 1. The number of nitrogens with zero attached hydrogens (tertiary/aromatic N) is 1. The molecule has 1 aliphatic rings. The summed E-state index contributed by atoms with van der Waals surface area (Å²) in [6.07, 6.45) is 0.895. The van der Waals surface area contributed by atoms with Crippen molar-refractivity contribution in [2.75, 3.05) is 0 Å². The number of thiophene rings is 1. The Bertz CT molecular complexity index is 661. The Labute approximate surface area is 107 Å². The first kappa shape index (κ1) is 11.4. The number of carbonyl (C=O) groups excluding carboxylic acids is 1. The highest BCUT2D eigenvalue weighted by atomic mass is 32.1. The van der Waals surface area contributed by atoms with E-state index in [1.807, 2.05) is 12.3 Å². The maximum atomic E-state index is 11.7. The fourth-order valence-corrected chi connectivity index (χ4v) is 2.61. The summed E-state index contributed by atoms with van der Waals surface area (Å²) in [4.78, 5) is 30.1. The number of ether oxygens (including phenoxy) is 1. The lowest BCUT2D eigenvalue weighted by Crippen LogP contribution is -2.14. The molecule has 2 aromatic heterocycles. The topological polar surface area (TPSA) is 72.0 Å². The molecule has 0 aromatic carbocycles. The second-order valence-corrected chi connectivity index (χ2v) is 5.49. The van der Waals surface area contributed by atoms with Gasteiger partial charge in [-0.25, -0.2) is 4.98 Å². The fourth-order valence-electron chi connectivity index (χ4n) is 1.89. The Balaban J connectivity index is 1.74. The van der Waals surface area contributed by atoms with Crippen LogP contribution < -0.4 is 5.56 Å². The molecule has 5 nitrogen and oxygen atoms in total. The predicted molar refractivity (Wildman–Crippen MR) is 67.3 cm³/mol. The van der Waals surface area contributed by atoms with Crippen molar-refractivity contribution >= 4 is 27.5 Å². The van der Waals surface area contributed by atoms with Gasteiger partial charge in [-0.05, 0) is 23.8 Å². The highest BCUT2D eigenvalue weighted by molar-refractivity contribution is 7.17. The van der Waals surface area contributed by atoms with Crippen LogP contribution in [0.15, 0.2) is 16.2 Å². The second-order valence-electron chi connectivity index (χ2n) is 4.57. The Hall–Kier alpha value is -1.69. The summed E-state index contributed by atoms with van der Waals surface area (Å²) in [5.41, 5.74) is 0.468. The van der Waals surface area contributed by atoms with Crippen LogP contribution in [0.5, 0.6) is 0 Å². The van der Waals surface area contributed by atoms with Crippen LogP contribution in [0, 0.1) is 11.8 Å². The average molecular weight is 264 g/mol. The first-order valence-corrected chi connectivity index (χ1v) is 6.66. The lowest BCUT2D eigenvalue weighted by molar-refractivity contribution is -0.147. The minimum Gasteiger partial charge on any atom is -0.457 e. The summed E-state index contributed by atoms with van der Waals surface area (Å²) < 4.78 is 5.73. The molecular weight excluding hydrogens is 252 g/mol. The van der Waals surface area contributed by atoms with E-state index < -0.39 is 0 Å². The van der Waals surface area contributed by atoms with E-state index >= 15 is 0 Å². The van der Waals surface area contributed by atoms with Crippen LogP contribution in [0.3, 0.4) is 0 Å². The number of esters is 1. The molecule has 18 heavy (non-hydrogen) atoms. The molecule has 1 fully saturated rings. The molecule has 0 spiro atoms. The van der Waals surface area contributed by atoms with Crippen LogP contribution in [-0.4, -0.2) is 15.9 Å². The van der Waals surface area contributed by atoms with Gasteiger partial charge in [0.05, 0.1) is 11.4 Å². The van der Waals surface area contributed by atoms with Crippen molar-refractivity contribution in [3.63, 3.8) is 0 Å². The molecule has 0 bridgehead atoms. The zero-order chi connectivity index (χ0) is 12.7. The van der Waals surface area contributed by atoms with Gasteiger partial charge in [-0.1, -0.05) is 6.92 Å². The van der Waals surface area contributed by atoms with E-state index in [-0.39, 0.29) is 24.1 Å². The number of hydrogen-bond acceptors (Lipinski definition) is 5. The molecule has 1 aliphatic carbocycles. The SMILES string of the molecule is C[C@@H]1C[C@@H]1C(=O)OCc1nc2ccsc2c(=O)[nH]1. The number of carbonyl (C=O) groups is 1. The molecule has 2 aromatic rings. The van der Waals surface area contributed by atoms with Crippen LogP contribution in [0.2, 0.25) is 0 Å². The Morgan fingerprint density at radius 3 is 3.17 bits per heavy atom. The third-order valence-corrected chi connectivity index (χ3v) is 4.03. The molecule has 0 unspecified atom stereocenters. The average Bonchev–Trinajstić information content (AvgIpc) is 2.89. The molecule has 3 rings (SSSR count). The molecule has 1 saturated carbocycles. The smallest absolute Gasteiger partial charge is 0.309 e. The highest BCUT2D eigenvalue weighted by Crippen LogP contribution is 2.38. The van der Waals surface area contributed by atoms with E-state index in [0.717, 1.165) is 6.42 Å². The molecule has 0 amide bonds. The molecule has 6 heteroatoms. The standard InChI is InChI=1S/C12H12N2O3S/c1-6-4-7(6)12(16)17-5-9-13-8-2-3-18-10(8)11(15)14-9/h2-3,6-7H,4-5H2,1H3,(H,13,14,15)/t6-,7+/m1/s1. The maximum absolute atomic E-state index is 11.7. The van der Waals surface area contributed by atoms with E-state index in [1.54, 1.807) is 6.07 Å². The third kappa shape index (κ3) is 2.03. The summed E-state index contributed by atoms with van der Waals surface area (Å²) in [6.45, 7) is 2.05. The molecule has 2 atom stereocenters. The zero-order valence-corrected chi connectivity index (χ0v) is 10.6. The lowest BCUT2D eigenvalue weighted by Gasteiger charge is -2.03. The van der Waals surface area contributed by atoms with Gasteiger partial charge in [0.25, 0.3) is 5.56 Å². The van der Waals surface area contributed by atoms with Crippen molar-refractivity contribution < 1.29 is 9.53 Å². The van der Waals surface area contributed by atoms with Crippen LogP contribution in [0.1, 0.15) is 19.2 Å². The lowest BCUT2D eigenvalue weighted by atomic mass is 10.3. The van der Waals surface area contributed by atoms with Gasteiger partial charge in [0.2, 0.25) is 0 Å². The largest absolute Gasteiger partial charge is 0.457 e. The van der Waals surface area contributed by atoms with E-state index in [4.69, 9.17) is 4.74 Å². The maximum Gasteiger partial charge on any atom is 0.309 e. The predicted octanol–water partition coefficient (Wildman–Crippen LogP) is 1.68. The van der Waals surface area contributed by atoms with Gasteiger partial charge in [-0.2, -0.15) is 0 Å². The molecule has 94 valence electrons. The Morgan fingerprint density at radius 2 is 2.44 bits per heavy atom. The van der Waals surface area contributed by atoms with Gasteiger partial charge in [0.1, 0.15) is 17.1 Å². The highest BCUT2D eigenvalue weighted by Gasteiger charge is 2.40. The normalized spacial score (nSPS) is 22.1. The Kier molecular flexibility index (Phi) is 2.66. The van der Waals surface area contributed by atoms with Crippen LogP contribution in [0.4, 0.5) is 0 Å². The number of aromatic nitrogens is 2. The summed E-state index contributed by atoms with van der Waals surface area (Å²) >= 11 is 1.35. The summed E-state index contributed by atoms with van der Waals surface area (Å²) in [5, 5.41) is 1.81. The van der Waals surface area contributed by atoms with Gasteiger partial charge < -0.3 is 9.72 Å². The molecule has 0 radical (unpaired) electrons. The molecular formula is C12H12N2O3S. The summed E-state index contributed by atoms with van der Waals surface area (Å²) in [5.74, 6) is 0.647. The molecule has 2 heterocycles. The van der Waals surface area contributed by atoms with Gasteiger partial charge >= 0.3 is 5.97 Å². The zero-order valence-electron chi connectivity index (χ0n) is 9.80. The fraction of sp³-hybridized carbons (Fsp3) is 0.417. The van der Waals surface area contributed by atoms with E-state index in [2.05, 4.69) is 9.97 Å². The van der Waals surface area contributed by atoms with Crippen molar-refractivity contribution in [2.24, 2.45) is 11.8 Å². The van der Waals surface area contributed by atoms with Crippen LogP contribution in [-0.2, 0) is 16.1 Å². The molecule has 0 saturated heterocycles. The minimum atomic E-state index is -0.199. The van der Waals surface area contributed by atoms with Crippen LogP contribution >= 0.6 is 11.3 Å². The summed E-state index contributed by atoms with van der Waals surface area (Å²) in [7, 11) is 0. The number of rotatable bonds is 3. The minimum absolute atomic E-state index is 0.0293. The van der Waals surface area contributed by atoms with Gasteiger partial charge in [-0.3, -0.25) is 9.59 Å². The third-order valence-electron chi connectivity index (χ3n) is 3.13. The quantitative estimate of drug-likeness (QED) is 0.856. The first-order valence-electron chi connectivity index (χ1n) is 5.78. The van der Waals surface area contributed by atoms with Crippen LogP contribution in [0.25, 0.3) is 10.2 Å². The van der Waals surface area contributed by atoms with Crippen molar-refractivity contribution in [3.05, 3.63) is 27.6 Å². The monoisotopic (exact) mass is 264 g/mol. The number of H-pyrrole nitrogens is 1. The second kappa shape index (κ2) is 4.20.